The normalized spacial score (nSPS) is 34.9. The molecular formula is C16H23F3N2O2. The van der Waals surface area contributed by atoms with Gasteiger partial charge in [-0.15, -0.1) is 0 Å². The van der Waals surface area contributed by atoms with Crippen molar-refractivity contribution in [1.29, 1.82) is 0 Å². The molecule has 3 aliphatic rings. The Kier molecular flexibility index (Phi) is 4.31. The molecule has 7 heteroatoms. The van der Waals surface area contributed by atoms with Gasteiger partial charge in [0.25, 0.3) is 0 Å². The van der Waals surface area contributed by atoms with Crippen molar-refractivity contribution in [3.63, 3.8) is 0 Å². The molecule has 0 radical (unpaired) electrons. The van der Waals surface area contributed by atoms with Crippen LogP contribution in [-0.2, 0) is 9.59 Å². The second kappa shape index (κ2) is 5.98. The summed E-state index contributed by atoms with van der Waals surface area (Å²) < 4.78 is 37.5. The smallest absolute Gasteiger partial charge is 0.336 e. The summed E-state index contributed by atoms with van der Waals surface area (Å²) in [5, 5.41) is 0. The first-order valence-electron chi connectivity index (χ1n) is 8.43. The van der Waals surface area contributed by atoms with Crippen LogP contribution < -0.4 is 0 Å². The number of hydrogen-bond acceptors (Lipinski definition) is 2. The van der Waals surface area contributed by atoms with Gasteiger partial charge in [-0.2, -0.15) is 13.2 Å². The molecule has 1 saturated carbocycles. The molecule has 0 spiro atoms. The Hall–Kier alpha value is -1.27. The minimum atomic E-state index is -4.41. The molecule has 0 N–H and O–H groups in total. The molecule has 0 aromatic rings. The van der Waals surface area contributed by atoms with E-state index >= 15 is 0 Å². The zero-order valence-electron chi connectivity index (χ0n) is 13.3. The third-order valence-electron chi connectivity index (χ3n) is 5.53. The highest BCUT2D eigenvalue weighted by molar-refractivity contribution is 5.89. The molecule has 0 bridgehead atoms. The van der Waals surface area contributed by atoms with Crippen LogP contribution in [0.3, 0.4) is 0 Å². The van der Waals surface area contributed by atoms with E-state index in [2.05, 4.69) is 0 Å². The molecule has 130 valence electrons. The SMILES string of the molecule is CC1CC2CCCCC2N1C(=O)C1CC(=O)N(CC(F)(F)F)C1. The lowest BCUT2D eigenvalue weighted by Gasteiger charge is -2.34. The van der Waals surface area contributed by atoms with E-state index in [9.17, 15) is 22.8 Å². The molecular weight excluding hydrogens is 309 g/mol. The Bertz CT molecular complexity index is 494. The van der Waals surface area contributed by atoms with E-state index in [1.807, 2.05) is 11.8 Å². The maximum atomic E-state index is 12.8. The molecule has 4 unspecified atom stereocenters. The van der Waals surface area contributed by atoms with E-state index in [-0.39, 0.29) is 31.0 Å². The first-order valence-corrected chi connectivity index (χ1v) is 8.43. The van der Waals surface area contributed by atoms with Gasteiger partial charge in [0, 0.05) is 25.0 Å². The summed E-state index contributed by atoms with van der Waals surface area (Å²) in [6.07, 6.45) is 0.872. The van der Waals surface area contributed by atoms with Crippen LogP contribution >= 0.6 is 0 Å². The van der Waals surface area contributed by atoms with Crippen LogP contribution in [0.15, 0.2) is 0 Å². The van der Waals surface area contributed by atoms with E-state index in [1.165, 1.54) is 6.42 Å². The Balaban J connectivity index is 1.67. The molecule has 0 aromatic carbocycles. The Labute approximate surface area is 134 Å². The van der Waals surface area contributed by atoms with Crippen LogP contribution in [0, 0.1) is 11.8 Å². The van der Waals surface area contributed by atoms with Crippen molar-refractivity contribution in [1.82, 2.24) is 9.80 Å². The third-order valence-corrected chi connectivity index (χ3v) is 5.53. The summed E-state index contributed by atoms with van der Waals surface area (Å²) in [5.74, 6) is -0.781. The fourth-order valence-electron chi connectivity index (χ4n) is 4.61. The van der Waals surface area contributed by atoms with Crippen molar-refractivity contribution < 1.29 is 22.8 Å². The van der Waals surface area contributed by atoms with Gasteiger partial charge in [0.2, 0.25) is 11.8 Å². The average Bonchev–Trinajstić information content (AvgIpc) is 2.96. The molecule has 2 saturated heterocycles. The van der Waals surface area contributed by atoms with E-state index in [0.717, 1.165) is 30.6 Å². The summed E-state index contributed by atoms with van der Waals surface area (Å²) >= 11 is 0. The number of nitrogens with zero attached hydrogens (tertiary/aromatic N) is 2. The quantitative estimate of drug-likeness (QED) is 0.780. The van der Waals surface area contributed by atoms with Gasteiger partial charge in [0.1, 0.15) is 6.54 Å². The summed E-state index contributed by atoms with van der Waals surface area (Å²) in [5.41, 5.74) is 0. The average molecular weight is 332 g/mol. The summed E-state index contributed by atoms with van der Waals surface area (Å²) in [6, 6.07) is 0.348. The van der Waals surface area contributed by atoms with E-state index in [1.54, 1.807) is 0 Å². The first-order chi connectivity index (χ1) is 10.8. The number of amides is 2. The van der Waals surface area contributed by atoms with Crippen molar-refractivity contribution in [2.45, 2.75) is 63.7 Å². The molecule has 23 heavy (non-hydrogen) atoms. The van der Waals surface area contributed by atoms with Crippen molar-refractivity contribution in [2.75, 3.05) is 13.1 Å². The maximum Gasteiger partial charge on any atom is 0.406 e. The molecule has 2 heterocycles. The molecule has 3 fully saturated rings. The van der Waals surface area contributed by atoms with E-state index in [0.29, 0.717) is 5.92 Å². The highest BCUT2D eigenvalue weighted by Crippen LogP contribution is 2.41. The fraction of sp³-hybridized carbons (Fsp3) is 0.875. The minimum Gasteiger partial charge on any atom is -0.336 e. The number of carbonyl (C=O) groups is 2. The number of rotatable bonds is 2. The summed E-state index contributed by atoms with van der Waals surface area (Å²) in [4.78, 5) is 27.3. The van der Waals surface area contributed by atoms with Crippen molar-refractivity contribution in [2.24, 2.45) is 11.8 Å². The number of halogens is 3. The molecule has 4 nitrogen and oxygen atoms in total. The van der Waals surface area contributed by atoms with Gasteiger partial charge in [-0.3, -0.25) is 9.59 Å². The topological polar surface area (TPSA) is 40.6 Å². The number of hydrogen-bond donors (Lipinski definition) is 0. The van der Waals surface area contributed by atoms with Crippen LogP contribution in [0.4, 0.5) is 13.2 Å². The van der Waals surface area contributed by atoms with Gasteiger partial charge in [0.15, 0.2) is 0 Å². The largest absolute Gasteiger partial charge is 0.406 e. The standard InChI is InChI=1S/C16H23F3N2O2/c1-10-6-11-4-2-3-5-13(11)21(10)15(23)12-7-14(22)20(8-12)9-16(17,18)19/h10-13H,2-9H2,1H3. The number of alkyl halides is 3. The lowest BCUT2D eigenvalue weighted by atomic mass is 9.84. The first kappa shape index (κ1) is 16.6. The Morgan fingerprint density at radius 1 is 1.26 bits per heavy atom. The molecule has 4 atom stereocenters. The van der Waals surface area contributed by atoms with E-state index in [4.69, 9.17) is 0 Å². The predicted molar refractivity (Wildman–Crippen MR) is 77.4 cm³/mol. The van der Waals surface area contributed by atoms with Crippen LogP contribution in [0.2, 0.25) is 0 Å². The van der Waals surface area contributed by atoms with Crippen molar-refractivity contribution in [3.8, 4) is 0 Å². The minimum absolute atomic E-state index is 0.0878. The summed E-state index contributed by atoms with van der Waals surface area (Å²) in [6.45, 7) is 0.662. The van der Waals surface area contributed by atoms with Gasteiger partial charge in [-0.05, 0) is 32.1 Å². The number of likely N-dealkylation sites (tertiary alicyclic amines) is 2. The van der Waals surface area contributed by atoms with Crippen LogP contribution in [0.1, 0.15) is 45.4 Å². The van der Waals surface area contributed by atoms with Crippen LogP contribution in [-0.4, -0.2) is 53.0 Å². The number of carbonyl (C=O) groups excluding carboxylic acids is 2. The maximum absolute atomic E-state index is 12.8. The fourth-order valence-corrected chi connectivity index (χ4v) is 4.61. The van der Waals surface area contributed by atoms with Gasteiger partial charge < -0.3 is 9.80 Å². The lowest BCUT2D eigenvalue weighted by Crippen LogP contribution is -2.46. The highest BCUT2D eigenvalue weighted by atomic mass is 19.4. The summed E-state index contributed by atoms with van der Waals surface area (Å²) in [7, 11) is 0. The van der Waals surface area contributed by atoms with Gasteiger partial charge in [-0.25, -0.2) is 0 Å². The monoisotopic (exact) mass is 332 g/mol. The zero-order valence-corrected chi connectivity index (χ0v) is 13.3. The molecule has 1 aliphatic carbocycles. The predicted octanol–water partition coefficient (Wildman–Crippen LogP) is 2.58. The van der Waals surface area contributed by atoms with Crippen molar-refractivity contribution >= 4 is 11.8 Å². The van der Waals surface area contributed by atoms with Gasteiger partial charge in [0.05, 0.1) is 5.92 Å². The molecule has 3 rings (SSSR count). The third kappa shape index (κ3) is 3.33. The lowest BCUT2D eigenvalue weighted by molar-refractivity contribution is -0.157. The van der Waals surface area contributed by atoms with E-state index < -0.39 is 24.5 Å². The van der Waals surface area contributed by atoms with Gasteiger partial charge in [-0.1, -0.05) is 12.8 Å². The second-order valence-electron chi connectivity index (χ2n) is 7.23. The molecule has 2 aliphatic heterocycles. The van der Waals surface area contributed by atoms with Crippen molar-refractivity contribution in [3.05, 3.63) is 0 Å². The Morgan fingerprint density at radius 2 is 1.96 bits per heavy atom. The van der Waals surface area contributed by atoms with Crippen LogP contribution in [0.5, 0.6) is 0 Å². The van der Waals surface area contributed by atoms with Crippen LogP contribution in [0.25, 0.3) is 0 Å². The molecule has 0 aromatic heterocycles. The van der Waals surface area contributed by atoms with Gasteiger partial charge >= 0.3 is 6.18 Å². The molecule has 2 amide bonds. The Morgan fingerprint density at radius 3 is 2.65 bits per heavy atom. The second-order valence-corrected chi connectivity index (χ2v) is 7.23. The highest BCUT2D eigenvalue weighted by Gasteiger charge is 2.47. The number of fused-ring (bicyclic) bond motifs is 1. The zero-order chi connectivity index (χ0) is 16.8.